The number of carboxylic acids is 1. The van der Waals surface area contributed by atoms with Gasteiger partial charge in [0.15, 0.2) is 11.6 Å². The molecule has 1 atom stereocenters. The van der Waals surface area contributed by atoms with Crippen molar-refractivity contribution >= 4 is 23.2 Å². The van der Waals surface area contributed by atoms with Crippen LogP contribution in [-0.4, -0.2) is 76.5 Å². The van der Waals surface area contributed by atoms with E-state index in [0.29, 0.717) is 13.1 Å². The summed E-state index contributed by atoms with van der Waals surface area (Å²) in [6.45, 7) is 4.08. The SMILES string of the molecule is CC(=O)C(Oc1ccc(O)c(C(=O)CN2CCN(c3ccncc3)CC2)c1)C(=O)O. The second kappa shape index (κ2) is 9.36. The van der Waals surface area contributed by atoms with E-state index in [2.05, 4.69) is 9.88 Å². The highest BCUT2D eigenvalue weighted by molar-refractivity contribution is 6.01. The van der Waals surface area contributed by atoms with Crippen molar-refractivity contribution < 1.29 is 29.3 Å². The largest absolute Gasteiger partial charge is 0.507 e. The maximum atomic E-state index is 12.7. The molecule has 0 radical (unpaired) electrons. The van der Waals surface area contributed by atoms with Crippen molar-refractivity contribution in [1.82, 2.24) is 9.88 Å². The Bertz CT molecular complexity index is 912. The summed E-state index contributed by atoms with van der Waals surface area (Å²) in [7, 11) is 0. The zero-order valence-corrected chi connectivity index (χ0v) is 16.5. The normalized spacial score (nSPS) is 15.4. The number of anilines is 1. The highest BCUT2D eigenvalue weighted by atomic mass is 16.5. The molecule has 1 aromatic heterocycles. The molecule has 9 heteroatoms. The number of aromatic hydroxyl groups is 1. The van der Waals surface area contributed by atoms with Gasteiger partial charge in [-0.2, -0.15) is 0 Å². The van der Waals surface area contributed by atoms with Crippen molar-refractivity contribution in [3.8, 4) is 11.5 Å². The maximum absolute atomic E-state index is 12.7. The number of benzene rings is 1. The van der Waals surface area contributed by atoms with Gasteiger partial charge in [0.25, 0.3) is 6.10 Å². The van der Waals surface area contributed by atoms with Crippen molar-refractivity contribution in [2.24, 2.45) is 0 Å². The van der Waals surface area contributed by atoms with Crippen LogP contribution in [0, 0.1) is 0 Å². The minimum Gasteiger partial charge on any atom is -0.507 e. The first-order valence-corrected chi connectivity index (χ1v) is 9.48. The molecule has 3 rings (SSSR count). The Kier molecular flexibility index (Phi) is 6.63. The number of Topliss-reactive ketones (excluding diaryl/α,β-unsaturated/α-hetero) is 2. The number of ether oxygens (including phenoxy) is 1. The summed E-state index contributed by atoms with van der Waals surface area (Å²) < 4.78 is 5.20. The van der Waals surface area contributed by atoms with Gasteiger partial charge in [-0.05, 0) is 37.3 Å². The van der Waals surface area contributed by atoms with Gasteiger partial charge in [-0.1, -0.05) is 0 Å². The lowest BCUT2D eigenvalue weighted by molar-refractivity contribution is -0.149. The standard InChI is InChI=1S/C21H23N3O6/c1-14(25)20(21(28)29)30-16-2-3-18(26)17(12-16)19(27)13-23-8-10-24(11-9-23)15-4-6-22-7-5-15/h2-7,12,20,26H,8-11,13H2,1H3,(H,28,29). The fraction of sp³-hybridized carbons (Fsp3) is 0.333. The number of phenols is 1. The second-order valence-corrected chi connectivity index (χ2v) is 7.02. The summed E-state index contributed by atoms with van der Waals surface area (Å²) in [6.07, 6.45) is 1.81. The monoisotopic (exact) mass is 413 g/mol. The van der Waals surface area contributed by atoms with Crippen molar-refractivity contribution in [1.29, 1.82) is 0 Å². The van der Waals surface area contributed by atoms with Crippen molar-refractivity contribution in [3.05, 3.63) is 48.3 Å². The first kappa shape index (κ1) is 21.3. The van der Waals surface area contributed by atoms with Gasteiger partial charge in [-0.25, -0.2) is 4.79 Å². The van der Waals surface area contributed by atoms with Gasteiger partial charge in [0.1, 0.15) is 11.5 Å². The number of hydrogen-bond acceptors (Lipinski definition) is 8. The Morgan fingerprint density at radius 2 is 1.77 bits per heavy atom. The summed E-state index contributed by atoms with van der Waals surface area (Å²) in [6, 6.07) is 7.72. The first-order valence-electron chi connectivity index (χ1n) is 9.48. The van der Waals surface area contributed by atoms with Crippen LogP contribution in [0.3, 0.4) is 0 Å². The molecule has 1 fully saturated rings. The van der Waals surface area contributed by atoms with E-state index in [1.807, 2.05) is 17.0 Å². The van der Waals surface area contributed by atoms with Gasteiger partial charge >= 0.3 is 5.97 Å². The topological polar surface area (TPSA) is 120 Å². The smallest absolute Gasteiger partial charge is 0.352 e. The summed E-state index contributed by atoms with van der Waals surface area (Å²) >= 11 is 0. The van der Waals surface area contributed by atoms with Crippen LogP contribution in [0.25, 0.3) is 0 Å². The quantitative estimate of drug-likeness (QED) is 0.486. The summed E-state index contributed by atoms with van der Waals surface area (Å²) in [4.78, 5) is 43.5. The van der Waals surface area contributed by atoms with Crippen molar-refractivity contribution in [2.75, 3.05) is 37.6 Å². The third-order valence-corrected chi connectivity index (χ3v) is 4.88. The molecule has 1 aliphatic rings. The van der Waals surface area contributed by atoms with E-state index in [1.54, 1.807) is 12.4 Å². The Morgan fingerprint density at radius 3 is 2.37 bits per heavy atom. The zero-order chi connectivity index (χ0) is 21.7. The highest BCUT2D eigenvalue weighted by Gasteiger charge is 2.26. The Labute approximate surface area is 173 Å². The molecule has 2 aromatic rings. The highest BCUT2D eigenvalue weighted by Crippen LogP contribution is 2.25. The van der Waals surface area contributed by atoms with Crippen LogP contribution < -0.4 is 9.64 Å². The van der Waals surface area contributed by atoms with E-state index >= 15 is 0 Å². The molecular weight excluding hydrogens is 390 g/mol. The van der Waals surface area contributed by atoms with E-state index in [4.69, 9.17) is 9.84 Å². The number of phenolic OH excluding ortho intramolecular Hbond substituents is 1. The average Bonchev–Trinajstić information content (AvgIpc) is 2.73. The number of pyridine rings is 1. The number of ketones is 2. The zero-order valence-electron chi connectivity index (χ0n) is 16.5. The van der Waals surface area contributed by atoms with E-state index < -0.39 is 17.9 Å². The van der Waals surface area contributed by atoms with E-state index in [1.165, 1.54) is 18.2 Å². The minimum absolute atomic E-state index is 0.0248. The molecule has 2 N–H and O–H groups in total. The number of carboxylic acid groups (broad SMARTS) is 1. The number of piperazine rings is 1. The third kappa shape index (κ3) is 5.12. The molecule has 0 spiro atoms. The van der Waals surface area contributed by atoms with Crippen LogP contribution in [-0.2, 0) is 9.59 Å². The number of nitrogens with zero attached hydrogens (tertiary/aromatic N) is 3. The molecule has 0 bridgehead atoms. The summed E-state index contributed by atoms with van der Waals surface area (Å²) in [5.74, 6) is -2.60. The average molecular weight is 413 g/mol. The minimum atomic E-state index is -1.67. The van der Waals surface area contributed by atoms with Gasteiger partial charge in [-0.15, -0.1) is 0 Å². The molecule has 0 aliphatic carbocycles. The number of aromatic nitrogens is 1. The van der Waals surface area contributed by atoms with Gasteiger partial charge in [0.2, 0.25) is 0 Å². The van der Waals surface area contributed by atoms with Crippen LogP contribution in [0.2, 0.25) is 0 Å². The van der Waals surface area contributed by atoms with Gasteiger partial charge in [0, 0.05) is 44.3 Å². The van der Waals surface area contributed by atoms with Gasteiger partial charge < -0.3 is 19.8 Å². The van der Waals surface area contributed by atoms with Crippen LogP contribution in [0.1, 0.15) is 17.3 Å². The molecule has 1 saturated heterocycles. The molecule has 0 amide bonds. The number of aliphatic carboxylic acids is 1. The molecule has 158 valence electrons. The fourth-order valence-electron chi connectivity index (χ4n) is 3.26. The van der Waals surface area contributed by atoms with Crippen LogP contribution >= 0.6 is 0 Å². The molecule has 1 aliphatic heterocycles. The Balaban J connectivity index is 1.63. The number of carbonyl (C=O) groups excluding carboxylic acids is 2. The molecule has 0 saturated carbocycles. The van der Waals surface area contributed by atoms with Crippen LogP contribution in [0.5, 0.6) is 11.5 Å². The summed E-state index contributed by atoms with van der Waals surface area (Å²) in [5.41, 5.74) is 1.11. The third-order valence-electron chi connectivity index (χ3n) is 4.88. The molecule has 9 nitrogen and oxygen atoms in total. The maximum Gasteiger partial charge on any atom is 0.352 e. The number of carbonyl (C=O) groups is 3. The van der Waals surface area contributed by atoms with E-state index in [0.717, 1.165) is 25.7 Å². The van der Waals surface area contributed by atoms with Crippen LogP contribution in [0.4, 0.5) is 5.69 Å². The van der Waals surface area contributed by atoms with Crippen LogP contribution in [0.15, 0.2) is 42.7 Å². The fourth-order valence-corrected chi connectivity index (χ4v) is 3.26. The first-order chi connectivity index (χ1) is 14.3. The Morgan fingerprint density at radius 1 is 1.10 bits per heavy atom. The van der Waals surface area contributed by atoms with E-state index in [9.17, 15) is 19.5 Å². The van der Waals surface area contributed by atoms with Crippen molar-refractivity contribution in [3.63, 3.8) is 0 Å². The molecule has 1 aromatic carbocycles. The van der Waals surface area contributed by atoms with Gasteiger partial charge in [0.05, 0.1) is 12.1 Å². The predicted octanol–water partition coefficient (Wildman–Crippen LogP) is 1.21. The lowest BCUT2D eigenvalue weighted by Gasteiger charge is -2.35. The molecule has 2 heterocycles. The Hall–Kier alpha value is -3.46. The number of rotatable bonds is 8. The number of hydrogen-bond donors (Lipinski definition) is 2. The van der Waals surface area contributed by atoms with E-state index in [-0.39, 0.29) is 29.4 Å². The predicted molar refractivity (Wildman–Crippen MR) is 108 cm³/mol. The van der Waals surface area contributed by atoms with Crippen molar-refractivity contribution in [2.45, 2.75) is 13.0 Å². The molecule has 30 heavy (non-hydrogen) atoms. The second-order valence-electron chi connectivity index (χ2n) is 7.02. The lowest BCUT2D eigenvalue weighted by Crippen LogP contribution is -2.48. The summed E-state index contributed by atoms with van der Waals surface area (Å²) in [5, 5.41) is 19.2. The molecular formula is C21H23N3O6. The molecule has 1 unspecified atom stereocenters. The lowest BCUT2D eigenvalue weighted by atomic mass is 10.1. The van der Waals surface area contributed by atoms with Gasteiger partial charge in [-0.3, -0.25) is 19.5 Å².